The van der Waals surface area contributed by atoms with Crippen molar-refractivity contribution in [2.24, 2.45) is 23.5 Å². The van der Waals surface area contributed by atoms with Gasteiger partial charge in [0.15, 0.2) is 0 Å². The molecule has 0 aliphatic rings. The normalized spacial score (nSPS) is 14.1. The molecule has 0 aliphatic heterocycles. The van der Waals surface area contributed by atoms with E-state index in [4.69, 9.17) is 5.73 Å². The molecular formula is C14H32N2. The van der Waals surface area contributed by atoms with Gasteiger partial charge in [-0.15, -0.1) is 0 Å². The van der Waals surface area contributed by atoms with Gasteiger partial charge < -0.3 is 10.6 Å². The Morgan fingerprint density at radius 2 is 1.56 bits per heavy atom. The molecule has 16 heavy (non-hydrogen) atoms. The third-order valence-corrected chi connectivity index (χ3v) is 3.86. The summed E-state index contributed by atoms with van der Waals surface area (Å²) in [5, 5.41) is 0. The molecule has 2 N–H and O–H groups in total. The molecule has 0 aromatic carbocycles. The topological polar surface area (TPSA) is 29.3 Å². The minimum Gasteiger partial charge on any atom is -0.330 e. The average Bonchev–Trinajstić information content (AvgIpc) is 2.29. The number of hydrogen-bond acceptors (Lipinski definition) is 2. The molecule has 0 aromatic heterocycles. The smallest absolute Gasteiger partial charge is 0.00242 e. The van der Waals surface area contributed by atoms with E-state index in [0.717, 1.165) is 19.0 Å². The van der Waals surface area contributed by atoms with Gasteiger partial charge in [-0.25, -0.2) is 0 Å². The van der Waals surface area contributed by atoms with Gasteiger partial charge in [0.1, 0.15) is 0 Å². The van der Waals surface area contributed by atoms with E-state index in [-0.39, 0.29) is 0 Å². The molecule has 1 atom stereocenters. The number of nitrogens with zero attached hydrogens (tertiary/aromatic N) is 1. The maximum atomic E-state index is 5.85. The molecule has 0 spiro atoms. The monoisotopic (exact) mass is 228 g/mol. The van der Waals surface area contributed by atoms with Gasteiger partial charge in [-0.1, -0.05) is 47.5 Å². The van der Waals surface area contributed by atoms with Crippen LogP contribution < -0.4 is 5.73 Å². The fourth-order valence-electron chi connectivity index (χ4n) is 2.13. The Kier molecular flexibility index (Phi) is 8.96. The van der Waals surface area contributed by atoms with Crippen LogP contribution in [0.1, 0.15) is 47.5 Å². The van der Waals surface area contributed by atoms with E-state index in [2.05, 4.69) is 39.5 Å². The first-order chi connectivity index (χ1) is 7.58. The van der Waals surface area contributed by atoms with Gasteiger partial charge in [-0.05, 0) is 30.8 Å². The van der Waals surface area contributed by atoms with Crippen LogP contribution in [0.5, 0.6) is 0 Å². The SMILES string of the molecule is CCC(CC)CN(CC)CC(CN)C(C)C. The zero-order valence-corrected chi connectivity index (χ0v) is 12.0. The van der Waals surface area contributed by atoms with Crippen molar-refractivity contribution in [1.82, 2.24) is 4.90 Å². The van der Waals surface area contributed by atoms with E-state index in [9.17, 15) is 0 Å². The molecule has 0 rings (SSSR count). The Hall–Kier alpha value is -0.0800. The lowest BCUT2D eigenvalue weighted by Crippen LogP contribution is -2.38. The highest BCUT2D eigenvalue weighted by Crippen LogP contribution is 2.15. The van der Waals surface area contributed by atoms with Crippen molar-refractivity contribution in [3.05, 3.63) is 0 Å². The summed E-state index contributed by atoms with van der Waals surface area (Å²) in [7, 11) is 0. The Morgan fingerprint density at radius 1 is 1.00 bits per heavy atom. The molecule has 0 saturated heterocycles. The van der Waals surface area contributed by atoms with E-state index in [0.29, 0.717) is 11.8 Å². The van der Waals surface area contributed by atoms with Crippen molar-refractivity contribution in [3.8, 4) is 0 Å². The molecule has 0 aromatic rings. The zero-order valence-electron chi connectivity index (χ0n) is 12.0. The van der Waals surface area contributed by atoms with E-state index in [1.54, 1.807) is 0 Å². The molecule has 0 saturated carbocycles. The van der Waals surface area contributed by atoms with Gasteiger partial charge in [0.2, 0.25) is 0 Å². The van der Waals surface area contributed by atoms with E-state index < -0.39 is 0 Å². The predicted octanol–water partition coefficient (Wildman–Crippen LogP) is 2.98. The Balaban J connectivity index is 4.16. The van der Waals surface area contributed by atoms with Gasteiger partial charge in [0.25, 0.3) is 0 Å². The summed E-state index contributed by atoms with van der Waals surface area (Å²) in [6.45, 7) is 15.8. The lowest BCUT2D eigenvalue weighted by atomic mass is 9.94. The predicted molar refractivity (Wildman–Crippen MR) is 73.6 cm³/mol. The van der Waals surface area contributed by atoms with Gasteiger partial charge >= 0.3 is 0 Å². The highest BCUT2D eigenvalue weighted by Gasteiger charge is 2.17. The number of rotatable bonds is 9. The quantitative estimate of drug-likeness (QED) is 0.657. The molecule has 1 unspecified atom stereocenters. The Labute approximate surface area is 103 Å². The maximum Gasteiger partial charge on any atom is 0.00242 e. The summed E-state index contributed by atoms with van der Waals surface area (Å²) < 4.78 is 0. The first kappa shape index (κ1) is 15.9. The van der Waals surface area contributed by atoms with E-state index in [1.165, 1.54) is 25.9 Å². The van der Waals surface area contributed by atoms with Crippen molar-refractivity contribution < 1.29 is 0 Å². The fraction of sp³-hybridized carbons (Fsp3) is 1.00. The first-order valence-corrected chi connectivity index (χ1v) is 7.01. The van der Waals surface area contributed by atoms with E-state index in [1.807, 2.05) is 0 Å². The standard InChI is InChI=1S/C14H32N2/c1-6-13(7-2)10-16(8-3)11-14(9-15)12(4)5/h12-14H,6-11,15H2,1-5H3. The van der Waals surface area contributed by atoms with Gasteiger partial charge in [0, 0.05) is 13.1 Å². The second-order valence-electron chi connectivity index (χ2n) is 5.27. The Bertz CT molecular complexity index is 153. The molecule has 0 fully saturated rings. The lowest BCUT2D eigenvalue weighted by Gasteiger charge is -2.30. The summed E-state index contributed by atoms with van der Waals surface area (Å²) in [6, 6.07) is 0. The van der Waals surface area contributed by atoms with Crippen molar-refractivity contribution in [2.45, 2.75) is 47.5 Å². The number of hydrogen-bond donors (Lipinski definition) is 1. The molecule has 0 bridgehead atoms. The molecular weight excluding hydrogens is 196 g/mol. The van der Waals surface area contributed by atoms with Gasteiger partial charge in [0.05, 0.1) is 0 Å². The highest BCUT2D eigenvalue weighted by atomic mass is 15.1. The lowest BCUT2D eigenvalue weighted by molar-refractivity contribution is 0.182. The molecule has 2 heteroatoms. The third-order valence-electron chi connectivity index (χ3n) is 3.86. The minimum atomic E-state index is 0.648. The third kappa shape index (κ3) is 5.86. The van der Waals surface area contributed by atoms with Gasteiger partial charge in [-0.2, -0.15) is 0 Å². The molecule has 0 aliphatic carbocycles. The summed E-state index contributed by atoms with van der Waals surface area (Å²) in [4.78, 5) is 2.58. The van der Waals surface area contributed by atoms with Crippen molar-refractivity contribution in [2.75, 3.05) is 26.2 Å². The first-order valence-electron chi connectivity index (χ1n) is 7.01. The molecule has 0 heterocycles. The molecule has 0 radical (unpaired) electrons. The average molecular weight is 228 g/mol. The van der Waals surface area contributed by atoms with Crippen molar-refractivity contribution >= 4 is 0 Å². The van der Waals surface area contributed by atoms with Crippen molar-refractivity contribution in [3.63, 3.8) is 0 Å². The van der Waals surface area contributed by atoms with E-state index >= 15 is 0 Å². The van der Waals surface area contributed by atoms with Crippen LogP contribution in [0.4, 0.5) is 0 Å². The summed E-state index contributed by atoms with van der Waals surface area (Å²) in [5.41, 5.74) is 5.85. The van der Waals surface area contributed by atoms with Gasteiger partial charge in [-0.3, -0.25) is 0 Å². The summed E-state index contributed by atoms with van der Waals surface area (Å²) >= 11 is 0. The second kappa shape index (κ2) is 9.00. The highest BCUT2D eigenvalue weighted by molar-refractivity contribution is 4.71. The second-order valence-corrected chi connectivity index (χ2v) is 5.27. The maximum absolute atomic E-state index is 5.85. The molecule has 0 amide bonds. The number of nitrogens with two attached hydrogens (primary N) is 1. The van der Waals surface area contributed by atoms with Crippen LogP contribution in [-0.4, -0.2) is 31.1 Å². The summed E-state index contributed by atoms with van der Waals surface area (Å²) in [6.07, 6.45) is 2.59. The zero-order chi connectivity index (χ0) is 12.6. The Morgan fingerprint density at radius 3 is 1.88 bits per heavy atom. The molecule has 2 nitrogen and oxygen atoms in total. The van der Waals surface area contributed by atoms with Crippen LogP contribution in [0, 0.1) is 17.8 Å². The molecule has 98 valence electrons. The van der Waals surface area contributed by atoms with Crippen LogP contribution >= 0.6 is 0 Å². The van der Waals surface area contributed by atoms with Crippen molar-refractivity contribution in [1.29, 1.82) is 0 Å². The van der Waals surface area contributed by atoms with Crippen LogP contribution in [-0.2, 0) is 0 Å². The van der Waals surface area contributed by atoms with Crippen LogP contribution in [0.3, 0.4) is 0 Å². The minimum absolute atomic E-state index is 0.648. The van der Waals surface area contributed by atoms with Crippen LogP contribution in [0.25, 0.3) is 0 Å². The van der Waals surface area contributed by atoms with Crippen LogP contribution in [0.2, 0.25) is 0 Å². The van der Waals surface area contributed by atoms with Crippen LogP contribution in [0.15, 0.2) is 0 Å². The summed E-state index contributed by atoms with van der Waals surface area (Å²) in [5.74, 6) is 2.20. The largest absolute Gasteiger partial charge is 0.330 e. The fourth-order valence-corrected chi connectivity index (χ4v) is 2.13.